The number of aryl methyl sites for hydroxylation is 2. The molecule has 0 saturated heterocycles. The first kappa shape index (κ1) is 23.4. The highest BCUT2D eigenvalue weighted by Crippen LogP contribution is 2.20. The van der Waals surface area contributed by atoms with E-state index in [4.69, 9.17) is 0 Å². The van der Waals surface area contributed by atoms with E-state index in [1.54, 1.807) is 0 Å². The SMILES string of the molecule is C=C(CCc1cccnc1)/C(=C/C=C(\C)c1ccccc1C)CNCCc1ccccn1. The standard InChI is InChI=1S/C29H33N3/c1-23(13-15-26-10-8-18-30-21-26)27(22-31-20-17-28-11-6-7-19-32-28)16-14-25(3)29-12-5-4-9-24(29)2/h4-12,14,16,18-19,21,31H,1,13,15,17,20,22H2,2-3H3/b25-14+,27-16+. The fourth-order valence-corrected chi connectivity index (χ4v) is 3.62. The summed E-state index contributed by atoms with van der Waals surface area (Å²) < 4.78 is 0. The van der Waals surface area contributed by atoms with Crippen LogP contribution in [0.4, 0.5) is 0 Å². The van der Waals surface area contributed by atoms with Crippen LogP contribution in [0.25, 0.3) is 5.57 Å². The second-order valence-corrected chi connectivity index (χ2v) is 8.07. The average Bonchev–Trinajstić information content (AvgIpc) is 2.83. The van der Waals surface area contributed by atoms with Crippen LogP contribution in [0.3, 0.4) is 0 Å². The van der Waals surface area contributed by atoms with Crippen LogP contribution in [0, 0.1) is 6.92 Å². The number of allylic oxidation sites excluding steroid dienone is 3. The summed E-state index contributed by atoms with van der Waals surface area (Å²) >= 11 is 0. The van der Waals surface area contributed by atoms with Crippen LogP contribution < -0.4 is 5.32 Å². The Hall–Kier alpha value is -3.30. The Morgan fingerprint density at radius 1 is 0.969 bits per heavy atom. The Balaban J connectivity index is 1.67. The number of pyridine rings is 2. The molecule has 0 atom stereocenters. The van der Waals surface area contributed by atoms with Gasteiger partial charge in [-0.05, 0) is 72.7 Å². The van der Waals surface area contributed by atoms with Crippen molar-refractivity contribution in [3.05, 3.63) is 125 Å². The lowest BCUT2D eigenvalue weighted by Gasteiger charge is -2.13. The third-order valence-electron chi connectivity index (χ3n) is 5.60. The summed E-state index contributed by atoms with van der Waals surface area (Å²) in [6, 6.07) is 18.7. The zero-order chi connectivity index (χ0) is 22.6. The molecule has 0 saturated carbocycles. The van der Waals surface area contributed by atoms with Crippen molar-refractivity contribution >= 4 is 5.57 Å². The summed E-state index contributed by atoms with van der Waals surface area (Å²) in [6.45, 7) is 10.4. The normalized spacial score (nSPS) is 12.1. The van der Waals surface area contributed by atoms with Crippen molar-refractivity contribution in [2.75, 3.05) is 13.1 Å². The van der Waals surface area contributed by atoms with E-state index in [2.05, 4.69) is 84.3 Å². The van der Waals surface area contributed by atoms with Gasteiger partial charge >= 0.3 is 0 Å². The third kappa shape index (κ3) is 7.44. The first-order valence-corrected chi connectivity index (χ1v) is 11.2. The van der Waals surface area contributed by atoms with Crippen LogP contribution in [0.1, 0.15) is 35.7 Å². The Bertz CT molecular complexity index is 1050. The van der Waals surface area contributed by atoms with Gasteiger partial charge in [0.2, 0.25) is 0 Å². The van der Waals surface area contributed by atoms with Crippen molar-refractivity contribution in [2.45, 2.75) is 33.1 Å². The number of hydrogen-bond acceptors (Lipinski definition) is 3. The molecule has 1 aromatic carbocycles. The number of aromatic nitrogens is 2. The minimum absolute atomic E-state index is 0.788. The Morgan fingerprint density at radius 2 is 1.81 bits per heavy atom. The van der Waals surface area contributed by atoms with Gasteiger partial charge in [0, 0.05) is 43.8 Å². The fraction of sp³-hybridized carbons (Fsp3) is 0.241. The molecular formula is C29H33N3. The van der Waals surface area contributed by atoms with Crippen molar-refractivity contribution in [1.29, 1.82) is 0 Å². The molecule has 0 bridgehead atoms. The molecule has 0 aliphatic rings. The molecule has 0 radical (unpaired) electrons. The van der Waals surface area contributed by atoms with Crippen molar-refractivity contribution < 1.29 is 0 Å². The number of nitrogens with one attached hydrogen (secondary N) is 1. The van der Waals surface area contributed by atoms with Gasteiger partial charge in [0.05, 0.1) is 0 Å². The van der Waals surface area contributed by atoms with E-state index in [0.717, 1.165) is 43.6 Å². The minimum Gasteiger partial charge on any atom is -0.312 e. The molecule has 3 heteroatoms. The van der Waals surface area contributed by atoms with E-state index < -0.39 is 0 Å². The zero-order valence-corrected chi connectivity index (χ0v) is 19.2. The van der Waals surface area contributed by atoms with E-state index in [-0.39, 0.29) is 0 Å². The van der Waals surface area contributed by atoms with Gasteiger partial charge in [0.1, 0.15) is 0 Å². The van der Waals surface area contributed by atoms with Gasteiger partial charge in [0.15, 0.2) is 0 Å². The lowest BCUT2D eigenvalue weighted by atomic mass is 9.97. The predicted octanol–water partition coefficient (Wildman–Crippen LogP) is 6.14. The Kier molecular flexibility index (Phi) is 9.15. The molecule has 2 heterocycles. The van der Waals surface area contributed by atoms with E-state index in [9.17, 15) is 0 Å². The van der Waals surface area contributed by atoms with E-state index in [1.165, 1.54) is 27.8 Å². The van der Waals surface area contributed by atoms with E-state index in [0.29, 0.717) is 0 Å². The molecular weight excluding hydrogens is 390 g/mol. The summed E-state index contributed by atoms with van der Waals surface area (Å²) in [5, 5.41) is 3.58. The molecule has 3 aromatic rings. The molecule has 2 aromatic heterocycles. The van der Waals surface area contributed by atoms with Crippen LogP contribution in [0.5, 0.6) is 0 Å². The molecule has 0 unspecified atom stereocenters. The average molecular weight is 424 g/mol. The molecule has 1 N–H and O–H groups in total. The molecule has 3 nitrogen and oxygen atoms in total. The first-order valence-electron chi connectivity index (χ1n) is 11.2. The number of hydrogen-bond donors (Lipinski definition) is 1. The van der Waals surface area contributed by atoms with E-state index >= 15 is 0 Å². The second-order valence-electron chi connectivity index (χ2n) is 8.07. The van der Waals surface area contributed by atoms with Crippen molar-refractivity contribution in [1.82, 2.24) is 15.3 Å². The van der Waals surface area contributed by atoms with Crippen molar-refractivity contribution in [3.63, 3.8) is 0 Å². The lowest BCUT2D eigenvalue weighted by Crippen LogP contribution is -2.21. The van der Waals surface area contributed by atoms with Gasteiger partial charge < -0.3 is 5.32 Å². The highest BCUT2D eigenvalue weighted by molar-refractivity contribution is 5.68. The monoisotopic (exact) mass is 423 g/mol. The Labute approximate surface area is 192 Å². The van der Waals surface area contributed by atoms with Crippen LogP contribution in [-0.4, -0.2) is 23.1 Å². The first-order chi connectivity index (χ1) is 15.6. The number of benzene rings is 1. The highest BCUT2D eigenvalue weighted by Gasteiger charge is 2.05. The van der Waals surface area contributed by atoms with E-state index in [1.807, 2.05) is 36.8 Å². The summed E-state index contributed by atoms with van der Waals surface area (Å²) in [5.74, 6) is 0. The lowest BCUT2D eigenvalue weighted by molar-refractivity contribution is 0.716. The highest BCUT2D eigenvalue weighted by atomic mass is 14.9. The topological polar surface area (TPSA) is 37.8 Å². The summed E-state index contributed by atoms with van der Waals surface area (Å²) in [6.07, 6.45) is 12.8. The van der Waals surface area contributed by atoms with Gasteiger partial charge in [-0.2, -0.15) is 0 Å². The van der Waals surface area contributed by atoms with Crippen molar-refractivity contribution in [3.8, 4) is 0 Å². The van der Waals surface area contributed by atoms with Crippen LogP contribution in [-0.2, 0) is 12.8 Å². The molecule has 0 fully saturated rings. The summed E-state index contributed by atoms with van der Waals surface area (Å²) in [5.41, 5.74) is 8.58. The largest absolute Gasteiger partial charge is 0.312 e. The molecule has 3 rings (SSSR count). The molecule has 32 heavy (non-hydrogen) atoms. The maximum absolute atomic E-state index is 4.41. The van der Waals surface area contributed by atoms with Gasteiger partial charge in [-0.3, -0.25) is 9.97 Å². The van der Waals surface area contributed by atoms with Crippen LogP contribution in [0.2, 0.25) is 0 Å². The summed E-state index contributed by atoms with van der Waals surface area (Å²) in [4.78, 5) is 8.63. The molecule has 0 aliphatic heterocycles. The van der Waals surface area contributed by atoms with Crippen LogP contribution in [0.15, 0.2) is 103 Å². The number of nitrogens with zero attached hydrogens (tertiary/aromatic N) is 2. The maximum Gasteiger partial charge on any atom is 0.0416 e. The molecule has 164 valence electrons. The third-order valence-corrected chi connectivity index (χ3v) is 5.60. The molecule has 0 spiro atoms. The summed E-state index contributed by atoms with van der Waals surface area (Å²) in [7, 11) is 0. The minimum atomic E-state index is 0.788. The van der Waals surface area contributed by atoms with Gasteiger partial charge in [-0.1, -0.05) is 60.7 Å². The number of rotatable bonds is 11. The van der Waals surface area contributed by atoms with Crippen LogP contribution >= 0.6 is 0 Å². The predicted molar refractivity (Wildman–Crippen MR) is 135 cm³/mol. The second kappa shape index (κ2) is 12.5. The van der Waals surface area contributed by atoms with Gasteiger partial charge in [-0.25, -0.2) is 0 Å². The molecule has 0 amide bonds. The maximum atomic E-state index is 4.41. The molecule has 0 aliphatic carbocycles. The van der Waals surface area contributed by atoms with Gasteiger partial charge in [-0.15, -0.1) is 0 Å². The fourth-order valence-electron chi connectivity index (χ4n) is 3.62. The Morgan fingerprint density at radius 3 is 2.56 bits per heavy atom. The zero-order valence-electron chi connectivity index (χ0n) is 19.2. The van der Waals surface area contributed by atoms with Crippen molar-refractivity contribution in [2.24, 2.45) is 0 Å². The van der Waals surface area contributed by atoms with Gasteiger partial charge in [0.25, 0.3) is 0 Å². The quantitative estimate of drug-likeness (QED) is 0.297. The smallest absolute Gasteiger partial charge is 0.0416 e.